The molecule has 6 N–H and O–H groups in total. The average Bonchev–Trinajstić information content (AvgIpc) is 2.49. The second-order valence-electron chi connectivity index (χ2n) is 5.27. The number of carboxylic acid groups (broad SMARTS) is 1. The largest absolute Gasteiger partial charge is 0.481 e. The third-order valence-corrected chi connectivity index (χ3v) is 3.41. The number of carbonyl (C=O) groups excluding carboxylic acids is 1. The number of ether oxygens (including phenoxy) is 1. The fourth-order valence-corrected chi connectivity index (χ4v) is 2.28. The maximum absolute atomic E-state index is 12.0. The standard InChI is InChI=1S/C15H20N4O4/c16-15(17)18-7-1-2-12-14(22)19-10-8-9(4-6-13(20)21)3-5-11(10)23-12/h3,5,8,12H,1-2,4,6-7H2,(H,19,22)(H,20,21)(H4,16,17,18)/t12-/m1/s1. The highest BCUT2D eigenvalue weighted by Crippen LogP contribution is 2.31. The second-order valence-corrected chi connectivity index (χ2v) is 5.27. The first-order chi connectivity index (χ1) is 11.0. The van der Waals surface area contributed by atoms with Crippen molar-refractivity contribution in [3.8, 4) is 5.75 Å². The van der Waals surface area contributed by atoms with Gasteiger partial charge in [-0.1, -0.05) is 6.07 Å². The molecule has 0 aliphatic carbocycles. The molecular weight excluding hydrogens is 300 g/mol. The molecule has 1 atom stereocenters. The topological polar surface area (TPSA) is 140 Å². The molecule has 8 heteroatoms. The van der Waals surface area contributed by atoms with Crippen LogP contribution in [0.4, 0.5) is 5.69 Å². The van der Waals surface area contributed by atoms with E-state index in [2.05, 4.69) is 10.3 Å². The summed E-state index contributed by atoms with van der Waals surface area (Å²) >= 11 is 0. The van der Waals surface area contributed by atoms with Gasteiger partial charge in [-0.3, -0.25) is 14.6 Å². The van der Waals surface area contributed by atoms with Crippen LogP contribution in [-0.2, 0) is 16.0 Å². The number of carboxylic acids is 1. The number of amides is 1. The van der Waals surface area contributed by atoms with E-state index in [1.54, 1.807) is 18.2 Å². The van der Waals surface area contributed by atoms with Gasteiger partial charge in [0.25, 0.3) is 5.91 Å². The number of anilines is 1. The molecule has 124 valence electrons. The Morgan fingerprint density at radius 3 is 2.87 bits per heavy atom. The van der Waals surface area contributed by atoms with Gasteiger partial charge in [-0.2, -0.15) is 0 Å². The van der Waals surface area contributed by atoms with Crippen molar-refractivity contribution in [1.82, 2.24) is 0 Å². The van der Waals surface area contributed by atoms with Crippen LogP contribution in [0.5, 0.6) is 5.75 Å². The molecule has 23 heavy (non-hydrogen) atoms. The molecule has 1 heterocycles. The Morgan fingerprint density at radius 2 is 2.17 bits per heavy atom. The quantitative estimate of drug-likeness (QED) is 0.327. The highest BCUT2D eigenvalue weighted by Gasteiger charge is 2.27. The smallest absolute Gasteiger partial charge is 0.303 e. The van der Waals surface area contributed by atoms with Crippen LogP contribution in [0.15, 0.2) is 23.2 Å². The molecule has 1 aromatic rings. The lowest BCUT2D eigenvalue weighted by Gasteiger charge is -2.26. The number of guanidine groups is 1. The van der Waals surface area contributed by atoms with Crippen LogP contribution in [0.25, 0.3) is 0 Å². The van der Waals surface area contributed by atoms with Gasteiger partial charge in [-0.25, -0.2) is 0 Å². The monoisotopic (exact) mass is 320 g/mol. The molecule has 2 rings (SSSR count). The molecule has 0 unspecified atom stereocenters. The molecule has 0 spiro atoms. The van der Waals surface area contributed by atoms with Gasteiger partial charge in [0, 0.05) is 13.0 Å². The van der Waals surface area contributed by atoms with Gasteiger partial charge in [0.1, 0.15) is 5.75 Å². The molecule has 0 saturated heterocycles. The number of nitrogens with two attached hydrogens (primary N) is 2. The predicted molar refractivity (Wildman–Crippen MR) is 85.4 cm³/mol. The average molecular weight is 320 g/mol. The van der Waals surface area contributed by atoms with E-state index in [0.717, 1.165) is 5.56 Å². The van der Waals surface area contributed by atoms with E-state index >= 15 is 0 Å². The molecule has 0 fully saturated rings. The van der Waals surface area contributed by atoms with Crippen LogP contribution >= 0.6 is 0 Å². The maximum atomic E-state index is 12.0. The Hall–Kier alpha value is -2.77. The summed E-state index contributed by atoms with van der Waals surface area (Å²) in [5.74, 6) is -0.477. The molecule has 1 amide bonds. The summed E-state index contributed by atoms with van der Waals surface area (Å²) in [7, 11) is 0. The van der Waals surface area contributed by atoms with Crippen LogP contribution in [0.2, 0.25) is 0 Å². The summed E-state index contributed by atoms with van der Waals surface area (Å²) in [6, 6.07) is 5.29. The number of aliphatic imine (C=N–C) groups is 1. The van der Waals surface area contributed by atoms with Crippen molar-refractivity contribution in [1.29, 1.82) is 0 Å². The van der Waals surface area contributed by atoms with Gasteiger partial charge in [-0.15, -0.1) is 0 Å². The van der Waals surface area contributed by atoms with Gasteiger partial charge >= 0.3 is 5.97 Å². The first-order valence-electron chi connectivity index (χ1n) is 7.33. The zero-order valence-electron chi connectivity index (χ0n) is 12.6. The van der Waals surface area contributed by atoms with Crippen LogP contribution in [0.3, 0.4) is 0 Å². The fraction of sp³-hybridized carbons (Fsp3) is 0.400. The van der Waals surface area contributed by atoms with Gasteiger partial charge in [0.15, 0.2) is 12.1 Å². The molecule has 8 nitrogen and oxygen atoms in total. The number of fused-ring (bicyclic) bond motifs is 1. The lowest BCUT2D eigenvalue weighted by atomic mass is 10.1. The van der Waals surface area contributed by atoms with Gasteiger partial charge < -0.3 is 26.6 Å². The van der Waals surface area contributed by atoms with Crippen molar-refractivity contribution in [3.05, 3.63) is 23.8 Å². The normalized spacial score (nSPS) is 16.0. The van der Waals surface area contributed by atoms with Crippen molar-refractivity contribution < 1.29 is 19.4 Å². The Balaban J connectivity index is 1.96. The lowest BCUT2D eigenvalue weighted by molar-refractivity contribution is -0.137. The number of carbonyl (C=O) groups is 2. The number of aryl methyl sites for hydroxylation is 1. The number of nitrogens with zero attached hydrogens (tertiary/aromatic N) is 1. The van der Waals surface area contributed by atoms with Crippen LogP contribution in [0, 0.1) is 0 Å². The number of rotatable bonds is 7. The fourth-order valence-electron chi connectivity index (χ4n) is 2.28. The zero-order chi connectivity index (χ0) is 16.8. The van der Waals surface area contributed by atoms with E-state index in [1.165, 1.54) is 0 Å². The van der Waals surface area contributed by atoms with Crippen molar-refractivity contribution in [2.75, 3.05) is 11.9 Å². The van der Waals surface area contributed by atoms with Crippen molar-refractivity contribution in [2.24, 2.45) is 16.5 Å². The molecule has 0 aromatic heterocycles. The first-order valence-corrected chi connectivity index (χ1v) is 7.33. The highest BCUT2D eigenvalue weighted by molar-refractivity contribution is 5.97. The van der Waals surface area contributed by atoms with Crippen molar-refractivity contribution in [3.63, 3.8) is 0 Å². The van der Waals surface area contributed by atoms with E-state index in [9.17, 15) is 9.59 Å². The predicted octanol–water partition coefficient (Wildman–Crippen LogP) is 0.457. The number of benzene rings is 1. The van der Waals surface area contributed by atoms with Crippen molar-refractivity contribution >= 4 is 23.5 Å². The lowest BCUT2D eigenvalue weighted by Crippen LogP contribution is -2.37. The third-order valence-electron chi connectivity index (χ3n) is 3.41. The molecule has 1 aromatic carbocycles. The van der Waals surface area contributed by atoms with E-state index in [1.807, 2.05) is 0 Å². The summed E-state index contributed by atoms with van der Waals surface area (Å²) in [4.78, 5) is 26.5. The Kier molecular flexibility index (Phi) is 5.40. The van der Waals surface area contributed by atoms with Crippen LogP contribution < -0.4 is 21.5 Å². The minimum Gasteiger partial charge on any atom is -0.481 e. The molecule has 0 saturated carbocycles. The molecule has 1 aliphatic heterocycles. The second kappa shape index (κ2) is 7.48. The van der Waals surface area contributed by atoms with Gasteiger partial charge in [0.2, 0.25) is 0 Å². The Bertz CT molecular complexity index is 626. The number of nitrogens with one attached hydrogen (secondary N) is 1. The molecule has 1 aliphatic rings. The number of aliphatic carboxylic acids is 1. The van der Waals surface area contributed by atoms with Crippen LogP contribution in [0.1, 0.15) is 24.8 Å². The van der Waals surface area contributed by atoms with Crippen LogP contribution in [-0.4, -0.2) is 35.6 Å². The van der Waals surface area contributed by atoms with E-state index in [4.69, 9.17) is 21.3 Å². The summed E-state index contributed by atoms with van der Waals surface area (Å²) in [5, 5.41) is 11.5. The van der Waals surface area contributed by atoms with Gasteiger partial charge in [-0.05, 0) is 37.0 Å². The summed E-state index contributed by atoms with van der Waals surface area (Å²) < 4.78 is 5.69. The minimum absolute atomic E-state index is 0.0262. The third kappa shape index (κ3) is 4.87. The number of hydrogen-bond acceptors (Lipinski definition) is 4. The number of hydrogen-bond donors (Lipinski definition) is 4. The van der Waals surface area contributed by atoms with E-state index in [-0.39, 0.29) is 18.3 Å². The zero-order valence-corrected chi connectivity index (χ0v) is 12.6. The van der Waals surface area contributed by atoms with Gasteiger partial charge in [0.05, 0.1) is 5.69 Å². The highest BCUT2D eigenvalue weighted by atomic mass is 16.5. The summed E-state index contributed by atoms with van der Waals surface area (Å²) in [6.45, 7) is 0.441. The molecule has 0 bridgehead atoms. The molecule has 0 radical (unpaired) electrons. The molecular formula is C15H20N4O4. The SMILES string of the molecule is NC(N)=NCCC[C@H]1Oc2ccc(CCC(=O)O)cc2NC1=O. The summed E-state index contributed by atoms with van der Waals surface area (Å²) in [5.41, 5.74) is 11.9. The van der Waals surface area contributed by atoms with E-state index in [0.29, 0.717) is 37.2 Å². The minimum atomic E-state index is -0.858. The maximum Gasteiger partial charge on any atom is 0.303 e. The van der Waals surface area contributed by atoms with Crippen molar-refractivity contribution in [2.45, 2.75) is 31.8 Å². The Morgan fingerprint density at radius 1 is 1.39 bits per heavy atom. The van der Waals surface area contributed by atoms with E-state index < -0.39 is 12.1 Å². The summed E-state index contributed by atoms with van der Waals surface area (Å²) in [6.07, 6.45) is 0.994. The first kappa shape index (κ1) is 16.6. The Labute approximate surface area is 133 Å².